The second-order valence-electron chi connectivity index (χ2n) is 5.76. The molecule has 0 amide bonds. The second-order valence-corrected chi connectivity index (χ2v) is 7.08. The lowest BCUT2D eigenvalue weighted by Gasteiger charge is -2.25. The van der Waals surface area contributed by atoms with Gasteiger partial charge in [0, 0.05) is 42.3 Å². The van der Waals surface area contributed by atoms with Gasteiger partial charge >= 0.3 is 0 Å². The van der Waals surface area contributed by atoms with Gasteiger partial charge in [-0.15, -0.1) is 11.3 Å². The number of thiazole rings is 1. The van der Waals surface area contributed by atoms with Crippen LogP contribution in [0, 0.1) is 13.8 Å². The third-order valence-electron chi connectivity index (χ3n) is 3.96. The zero-order valence-corrected chi connectivity index (χ0v) is 13.8. The lowest BCUT2D eigenvalue weighted by Crippen LogP contribution is -2.25. The Hall–Kier alpha value is -1.49. The van der Waals surface area contributed by atoms with E-state index in [1.165, 1.54) is 34.0 Å². The molecular formula is C16H22N4S. The fourth-order valence-corrected chi connectivity index (χ4v) is 3.67. The minimum atomic E-state index is 0.891. The van der Waals surface area contributed by atoms with Crippen LogP contribution in [0.25, 0.3) is 0 Å². The van der Waals surface area contributed by atoms with Gasteiger partial charge in [-0.25, -0.2) is 15.0 Å². The smallest absolute Gasteiger partial charge is 0.135 e. The molecule has 0 atom stereocenters. The van der Waals surface area contributed by atoms with E-state index in [2.05, 4.69) is 28.8 Å². The van der Waals surface area contributed by atoms with Gasteiger partial charge in [0.1, 0.15) is 11.6 Å². The standard InChI is InChI=1S/C16H22N4S/c1-11-10-17-15(21-11)8-9-20(3)16-13-6-4-5-7-14(13)18-12(2)19-16/h10H,4-9H2,1-3H3. The van der Waals surface area contributed by atoms with Crippen LogP contribution in [0.5, 0.6) is 0 Å². The zero-order valence-electron chi connectivity index (χ0n) is 13.0. The van der Waals surface area contributed by atoms with E-state index >= 15 is 0 Å². The van der Waals surface area contributed by atoms with Gasteiger partial charge in [-0.3, -0.25) is 0 Å². The first-order valence-electron chi connectivity index (χ1n) is 7.62. The molecule has 21 heavy (non-hydrogen) atoms. The molecule has 0 radical (unpaired) electrons. The van der Waals surface area contributed by atoms with Gasteiger partial charge in [0.25, 0.3) is 0 Å². The maximum Gasteiger partial charge on any atom is 0.135 e. The van der Waals surface area contributed by atoms with Gasteiger partial charge in [-0.05, 0) is 39.5 Å². The summed E-state index contributed by atoms with van der Waals surface area (Å²) in [4.78, 5) is 17.3. The second kappa shape index (κ2) is 6.10. The summed E-state index contributed by atoms with van der Waals surface area (Å²) < 4.78 is 0. The number of likely N-dealkylation sites (N-methyl/N-ethyl adjacent to an activating group) is 1. The van der Waals surface area contributed by atoms with E-state index in [1.807, 2.05) is 13.1 Å². The number of fused-ring (bicyclic) bond motifs is 1. The van der Waals surface area contributed by atoms with Gasteiger partial charge in [0.15, 0.2) is 0 Å². The zero-order chi connectivity index (χ0) is 14.8. The first kappa shape index (κ1) is 14.4. The van der Waals surface area contributed by atoms with Crippen molar-refractivity contribution in [2.45, 2.75) is 46.0 Å². The highest BCUT2D eigenvalue weighted by molar-refractivity contribution is 7.11. The van der Waals surface area contributed by atoms with Crippen LogP contribution < -0.4 is 4.90 Å². The predicted octanol–water partition coefficient (Wildman–Crippen LogP) is 3.11. The summed E-state index contributed by atoms with van der Waals surface area (Å²) in [6.45, 7) is 5.06. The normalized spacial score (nSPS) is 14.0. The summed E-state index contributed by atoms with van der Waals surface area (Å²) in [6.07, 6.45) is 7.66. The van der Waals surface area contributed by atoms with Crippen molar-refractivity contribution in [2.24, 2.45) is 0 Å². The van der Waals surface area contributed by atoms with Gasteiger partial charge in [0.2, 0.25) is 0 Å². The Kier molecular flexibility index (Phi) is 4.19. The molecule has 0 N–H and O–H groups in total. The van der Waals surface area contributed by atoms with Crippen molar-refractivity contribution < 1.29 is 0 Å². The van der Waals surface area contributed by atoms with Crippen LogP contribution in [-0.2, 0) is 19.3 Å². The Labute approximate surface area is 130 Å². The summed E-state index contributed by atoms with van der Waals surface area (Å²) in [5.74, 6) is 2.02. The summed E-state index contributed by atoms with van der Waals surface area (Å²) in [7, 11) is 2.14. The molecule has 5 heteroatoms. The van der Waals surface area contributed by atoms with Gasteiger partial charge in [-0.2, -0.15) is 0 Å². The Balaban J connectivity index is 1.77. The van der Waals surface area contributed by atoms with Crippen molar-refractivity contribution >= 4 is 17.2 Å². The topological polar surface area (TPSA) is 41.9 Å². The van der Waals surface area contributed by atoms with Crippen LogP contribution >= 0.6 is 11.3 Å². The van der Waals surface area contributed by atoms with Crippen LogP contribution in [0.1, 0.15) is 39.8 Å². The average Bonchev–Trinajstić information content (AvgIpc) is 2.89. The lowest BCUT2D eigenvalue weighted by atomic mass is 9.96. The molecule has 0 aliphatic heterocycles. The number of rotatable bonds is 4. The number of hydrogen-bond donors (Lipinski definition) is 0. The molecule has 0 aromatic carbocycles. The van der Waals surface area contributed by atoms with Gasteiger partial charge < -0.3 is 4.90 Å². The minimum absolute atomic E-state index is 0.891. The fourth-order valence-electron chi connectivity index (χ4n) is 2.90. The summed E-state index contributed by atoms with van der Waals surface area (Å²) in [5.41, 5.74) is 2.63. The summed E-state index contributed by atoms with van der Waals surface area (Å²) >= 11 is 1.79. The molecule has 0 fully saturated rings. The largest absolute Gasteiger partial charge is 0.359 e. The lowest BCUT2D eigenvalue weighted by molar-refractivity contribution is 0.653. The van der Waals surface area contributed by atoms with Gasteiger partial charge in [-0.1, -0.05) is 0 Å². The van der Waals surface area contributed by atoms with E-state index in [0.29, 0.717) is 0 Å². The van der Waals surface area contributed by atoms with Crippen molar-refractivity contribution in [3.05, 3.63) is 33.2 Å². The number of anilines is 1. The summed E-state index contributed by atoms with van der Waals surface area (Å²) in [6, 6.07) is 0. The molecule has 1 aliphatic rings. The minimum Gasteiger partial charge on any atom is -0.359 e. The van der Waals surface area contributed by atoms with Crippen LogP contribution in [-0.4, -0.2) is 28.5 Å². The van der Waals surface area contributed by atoms with E-state index in [-0.39, 0.29) is 0 Å². The first-order chi connectivity index (χ1) is 10.1. The maximum absolute atomic E-state index is 4.70. The molecule has 0 spiro atoms. The van der Waals surface area contributed by atoms with Crippen molar-refractivity contribution in [1.82, 2.24) is 15.0 Å². The molecule has 0 saturated heterocycles. The van der Waals surface area contributed by atoms with Crippen molar-refractivity contribution in [3.8, 4) is 0 Å². The number of aromatic nitrogens is 3. The number of hydrogen-bond acceptors (Lipinski definition) is 5. The Bertz CT molecular complexity index is 635. The molecule has 4 nitrogen and oxygen atoms in total. The molecule has 2 aromatic rings. The number of nitrogens with zero attached hydrogens (tertiary/aromatic N) is 4. The highest BCUT2D eigenvalue weighted by Crippen LogP contribution is 2.27. The van der Waals surface area contributed by atoms with E-state index in [1.54, 1.807) is 11.3 Å². The third kappa shape index (κ3) is 3.23. The molecule has 2 heterocycles. The van der Waals surface area contributed by atoms with Crippen molar-refractivity contribution in [1.29, 1.82) is 0 Å². The Morgan fingerprint density at radius 2 is 2.00 bits per heavy atom. The molecule has 112 valence electrons. The highest BCUT2D eigenvalue weighted by atomic mass is 32.1. The Morgan fingerprint density at radius 3 is 2.76 bits per heavy atom. The van der Waals surface area contributed by atoms with E-state index in [0.717, 1.165) is 37.4 Å². The highest BCUT2D eigenvalue weighted by Gasteiger charge is 2.19. The molecular weight excluding hydrogens is 280 g/mol. The summed E-state index contributed by atoms with van der Waals surface area (Å²) in [5, 5.41) is 1.21. The van der Waals surface area contributed by atoms with Crippen LogP contribution in [0.3, 0.4) is 0 Å². The van der Waals surface area contributed by atoms with Crippen LogP contribution in [0.15, 0.2) is 6.20 Å². The van der Waals surface area contributed by atoms with E-state index in [4.69, 9.17) is 4.98 Å². The average molecular weight is 302 g/mol. The predicted molar refractivity (Wildman–Crippen MR) is 87.2 cm³/mol. The quantitative estimate of drug-likeness (QED) is 0.870. The molecule has 0 bridgehead atoms. The number of aryl methyl sites for hydroxylation is 3. The van der Waals surface area contributed by atoms with E-state index in [9.17, 15) is 0 Å². The third-order valence-corrected chi connectivity index (χ3v) is 4.94. The van der Waals surface area contributed by atoms with E-state index < -0.39 is 0 Å². The van der Waals surface area contributed by atoms with Crippen molar-refractivity contribution in [3.63, 3.8) is 0 Å². The molecule has 1 aliphatic carbocycles. The maximum atomic E-state index is 4.70. The Morgan fingerprint density at radius 1 is 1.19 bits per heavy atom. The molecule has 3 rings (SSSR count). The fraction of sp³-hybridized carbons (Fsp3) is 0.562. The van der Waals surface area contributed by atoms with Crippen LogP contribution in [0.4, 0.5) is 5.82 Å². The van der Waals surface area contributed by atoms with Crippen molar-refractivity contribution in [2.75, 3.05) is 18.5 Å². The van der Waals surface area contributed by atoms with Crippen LogP contribution in [0.2, 0.25) is 0 Å². The van der Waals surface area contributed by atoms with Gasteiger partial charge in [0.05, 0.1) is 5.01 Å². The SMILES string of the molecule is Cc1nc2c(c(N(C)CCc3ncc(C)s3)n1)CCCC2. The first-order valence-corrected chi connectivity index (χ1v) is 8.44. The molecule has 0 saturated carbocycles. The monoisotopic (exact) mass is 302 g/mol. The molecule has 0 unspecified atom stereocenters. The molecule has 2 aromatic heterocycles.